The van der Waals surface area contributed by atoms with Gasteiger partial charge in [-0.15, -0.1) is 0 Å². The number of hydrogen-bond donors (Lipinski definition) is 0. The van der Waals surface area contributed by atoms with Gasteiger partial charge in [0.15, 0.2) is 14.9 Å². The first kappa shape index (κ1) is 12.0. The first-order valence-corrected chi connectivity index (χ1v) is 7.49. The SMILES string of the molecule is O=S(=O)(CCOC1CC1)c1ncccc1Br. The molecule has 4 nitrogen and oxygen atoms in total. The highest BCUT2D eigenvalue weighted by molar-refractivity contribution is 9.10. The maximum atomic E-state index is 11.9. The molecule has 0 amide bonds. The molecule has 0 unspecified atom stereocenters. The number of sulfone groups is 1. The molecule has 0 bridgehead atoms. The number of ether oxygens (including phenoxy) is 1. The summed E-state index contributed by atoms with van der Waals surface area (Å²) in [5, 5.41) is 0.0920. The van der Waals surface area contributed by atoms with E-state index in [2.05, 4.69) is 20.9 Å². The summed E-state index contributed by atoms with van der Waals surface area (Å²) in [6.45, 7) is 0.246. The standard InChI is InChI=1S/C10H12BrNO3S/c11-9-2-1-5-12-10(9)16(13,14)7-6-15-8-3-4-8/h1-2,5,8H,3-4,6-7H2. The highest BCUT2D eigenvalue weighted by Crippen LogP contribution is 2.24. The third kappa shape index (κ3) is 3.02. The van der Waals surface area contributed by atoms with Crippen LogP contribution in [0.2, 0.25) is 0 Å². The van der Waals surface area contributed by atoms with Crippen LogP contribution in [0.15, 0.2) is 27.8 Å². The zero-order chi connectivity index (χ0) is 11.6. The molecule has 1 aromatic heterocycles. The molecule has 0 N–H and O–H groups in total. The highest BCUT2D eigenvalue weighted by atomic mass is 79.9. The lowest BCUT2D eigenvalue weighted by Gasteiger charge is -2.05. The molecule has 2 rings (SSSR count). The maximum Gasteiger partial charge on any atom is 0.199 e. The van der Waals surface area contributed by atoms with Crippen LogP contribution in [-0.4, -0.2) is 31.9 Å². The molecule has 0 radical (unpaired) electrons. The van der Waals surface area contributed by atoms with E-state index in [1.807, 2.05) is 0 Å². The molecular formula is C10H12BrNO3S. The van der Waals surface area contributed by atoms with E-state index in [1.54, 1.807) is 12.1 Å². The van der Waals surface area contributed by atoms with E-state index in [-0.39, 0.29) is 23.5 Å². The molecule has 0 saturated heterocycles. The normalized spacial score (nSPS) is 16.3. The summed E-state index contributed by atoms with van der Waals surface area (Å²) in [6.07, 6.45) is 3.85. The maximum absolute atomic E-state index is 11.9. The van der Waals surface area contributed by atoms with E-state index in [0.29, 0.717) is 4.47 Å². The Morgan fingerprint density at radius 2 is 2.25 bits per heavy atom. The molecule has 1 aliphatic rings. The number of nitrogens with zero attached hydrogens (tertiary/aromatic N) is 1. The Morgan fingerprint density at radius 1 is 1.50 bits per heavy atom. The van der Waals surface area contributed by atoms with Gasteiger partial charge in [0.2, 0.25) is 0 Å². The molecule has 1 heterocycles. The van der Waals surface area contributed by atoms with Crippen LogP contribution in [-0.2, 0) is 14.6 Å². The number of halogens is 1. The Morgan fingerprint density at radius 3 is 2.88 bits per heavy atom. The Labute approximate surface area is 103 Å². The van der Waals surface area contributed by atoms with Crippen LogP contribution < -0.4 is 0 Å². The predicted molar refractivity (Wildman–Crippen MR) is 63.0 cm³/mol. The third-order valence-corrected chi connectivity index (χ3v) is 4.77. The largest absolute Gasteiger partial charge is 0.377 e. The second-order valence-corrected chi connectivity index (χ2v) is 6.56. The Balaban J connectivity index is 2.03. The molecule has 16 heavy (non-hydrogen) atoms. The first-order valence-electron chi connectivity index (χ1n) is 5.04. The minimum absolute atomic E-state index is 0.0148. The van der Waals surface area contributed by atoms with Crippen LogP contribution >= 0.6 is 15.9 Å². The molecule has 88 valence electrons. The second kappa shape index (κ2) is 4.81. The summed E-state index contributed by atoms with van der Waals surface area (Å²) in [7, 11) is -3.34. The van der Waals surface area contributed by atoms with Gasteiger partial charge in [-0.25, -0.2) is 13.4 Å². The van der Waals surface area contributed by atoms with E-state index in [9.17, 15) is 8.42 Å². The summed E-state index contributed by atoms with van der Waals surface area (Å²) < 4.78 is 29.6. The summed E-state index contributed by atoms with van der Waals surface area (Å²) in [6, 6.07) is 3.35. The lowest BCUT2D eigenvalue weighted by Crippen LogP contribution is -2.14. The molecule has 0 atom stereocenters. The van der Waals surface area contributed by atoms with Crippen LogP contribution in [0.25, 0.3) is 0 Å². The summed E-state index contributed by atoms with van der Waals surface area (Å²) >= 11 is 3.18. The van der Waals surface area contributed by atoms with Gasteiger partial charge in [0.1, 0.15) is 0 Å². The van der Waals surface area contributed by atoms with Crippen LogP contribution in [0, 0.1) is 0 Å². The molecule has 1 aliphatic carbocycles. The minimum Gasteiger partial charge on any atom is -0.377 e. The van der Waals surface area contributed by atoms with Crippen LogP contribution in [0.3, 0.4) is 0 Å². The van der Waals surface area contributed by atoms with Gasteiger partial charge in [-0.2, -0.15) is 0 Å². The molecular weight excluding hydrogens is 294 g/mol. The van der Waals surface area contributed by atoms with Gasteiger partial charge in [0, 0.05) is 6.20 Å². The van der Waals surface area contributed by atoms with Crippen molar-refractivity contribution >= 4 is 25.8 Å². The molecule has 0 aromatic carbocycles. The van der Waals surface area contributed by atoms with Crippen LogP contribution in [0.5, 0.6) is 0 Å². The minimum atomic E-state index is -3.34. The van der Waals surface area contributed by atoms with Gasteiger partial charge in [-0.1, -0.05) is 0 Å². The highest BCUT2D eigenvalue weighted by Gasteiger charge is 2.24. The molecule has 1 saturated carbocycles. The molecule has 0 aliphatic heterocycles. The van der Waals surface area contributed by atoms with Crippen molar-refractivity contribution in [2.45, 2.75) is 24.0 Å². The van der Waals surface area contributed by atoms with Crippen molar-refractivity contribution in [3.8, 4) is 0 Å². The van der Waals surface area contributed by atoms with Crippen molar-refractivity contribution < 1.29 is 13.2 Å². The van der Waals surface area contributed by atoms with Crippen molar-refractivity contribution in [2.75, 3.05) is 12.4 Å². The topological polar surface area (TPSA) is 56.3 Å². The Bertz CT molecular complexity index is 471. The Hall–Kier alpha value is -0.460. The fraction of sp³-hybridized carbons (Fsp3) is 0.500. The van der Waals surface area contributed by atoms with E-state index < -0.39 is 9.84 Å². The van der Waals surface area contributed by atoms with Crippen molar-refractivity contribution in [2.24, 2.45) is 0 Å². The summed E-state index contributed by atoms with van der Waals surface area (Å²) in [4.78, 5) is 3.87. The van der Waals surface area contributed by atoms with Gasteiger partial charge in [-0.05, 0) is 40.9 Å². The van der Waals surface area contributed by atoms with Gasteiger partial charge < -0.3 is 4.74 Å². The van der Waals surface area contributed by atoms with Crippen LogP contribution in [0.4, 0.5) is 0 Å². The van der Waals surface area contributed by atoms with Crippen molar-refractivity contribution in [3.05, 3.63) is 22.8 Å². The van der Waals surface area contributed by atoms with Gasteiger partial charge >= 0.3 is 0 Å². The monoisotopic (exact) mass is 305 g/mol. The van der Waals surface area contributed by atoms with Gasteiger partial charge in [0.05, 0.1) is 22.9 Å². The van der Waals surface area contributed by atoms with E-state index in [4.69, 9.17) is 4.74 Å². The average Bonchev–Trinajstić information content (AvgIpc) is 3.02. The van der Waals surface area contributed by atoms with Crippen molar-refractivity contribution in [1.82, 2.24) is 4.98 Å². The lowest BCUT2D eigenvalue weighted by molar-refractivity contribution is 0.134. The number of aromatic nitrogens is 1. The summed E-state index contributed by atoms with van der Waals surface area (Å²) in [5.41, 5.74) is 0. The third-order valence-electron chi connectivity index (χ3n) is 2.25. The van der Waals surface area contributed by atoms with E-state index in [1.165, 1.54) is 6.20 Å². The summed E-state index contributed by atoms with van der Waals surface area (Å²) in [5.74, 6) is -0.0148. The Kier molecular flexibility index (Phi) is 3.61. The molecule has 1 aromatic rings. The predicted octanol–water partition coefficient (Wildman–Crippen LogP) is 1.80. The van der Waals surface area contributed by atoms with Gasteiger partial charge in [-0.3, -0.25) is 0 Å². The number of hydrogen-bond acceptors (Lipinski definition) is 4. The number of rotatable bonds is 5. The molecule has 1 fully saturated rings. The second-order valence-electron chi connectivity index (χ2n) is 3.68. The average molecular weight is 306 g/mol. The quantitative estimate of drug-likeness (QED) is 0.832. The van der Waals surface area contributed by atoms with Crippen LogP contribution in [0.1, 0.15) is 12.8 Å². The van der Waals surface area contributed by atoms with E-state index in [0.717, 1.165) is 12.8 Å². The number of pyridine rings is 1. The van der Waals surface area contributed by atoms with Crippen molar-refractivity contribution in [1.29, 1.82) is 0 Å². The van der Waals surface area contributed by atoms with Crippen molar-refractivity contribution in [3.63, 3.8) is 0 Å². The van der Waals surface area contributed by atoms with Gasteiger partial charge in [0.25, 0.3) is 0 Å². The zero-order valence-electron chi connectivity index (χ0n) is 8.60. The lowest BCUT2D eigenvalue weighted by atomic mass is 10.5. The first-order chi connectivity index (χ1) is 7.59. The fourth-order valence-electron chi connectivity index (χ4n) is 1.26. The smallest absolute Gasteiger partial charge is 0.199 e. The molecule has 0 spiro atoms. The fourth-order valence-corrected chi connectivity index (χ4v) is 3.35. The zero-order valence-corrected chi connectivity index (χ0v) is 11.0. The molecule has 6 heteroatoms. The van der Waals surface area contributed by atoms with E-state index >= 15 is 0 Å².